The molecule has 8 heteroatoms. The van der Waals surface area contributed by atoms with E-state index >= 15 is 0 Å². The van der Waals surface area contributed by atoms with Gasteiger partial charge < -0.3 is 30.5 Å². The largest absolute Gasteiger partial charge is 0.508 e. The van der Waals surface area contributed by atoms with Crippen molar-refractivity contribution in [1.29, 1.82) is 0 Å². The van der Waals surface area contributed by atoms with Gasteiger partial charge in [-0.1, -0.05) is 12.1 Å². The number of hydrogen-bond donors (Lipinski definition) is 5. The minimum atomic E-state index is -1.39. The third-order valence-electron chi connectivity index (χ3n) is 4.81. The van der Waals surface area contributed by atoms with Gasteiger partial charge >= 0.3 is 0 Å². The summed E-state index contributed by atoms with van der Waals surface area (Å²) in [6.45, 7) is 0. The van der Waals surface area contributed by atoms with Crippen LogP contribution in [0.4, 0.5) is 0 Å². The van der Waals surface area contributed by atoms with E-state index in [1.807, 2.05) is 0 Å². The Bertz CT molecular complexity index is 1160. The molecule has 1 aliphatic heterocycles. The summed E-state index contributed by atoms with van der Waals surface area (Å²) in [5.41, 5.74) is -0.0958. The molecule has 1 aliphatic rings. The smallest absolute Gasteiger partial charge is 0.208 e. The van der Waals surface area contributed by atoms with Gasteiger partial charge in [0.1, 0.15) is 34.6 Å². The number of ether oxygens (including phenoxy) is 1. The molecule has 3 aromatic rings. The molecule has 8 nitrogen and oxygen atoms in total. The molecule has 1 unspecified atom stereocenters. The normalized spacial score (nSPS) is 17.8. The van der Waals surface area contributed by atoms with Gasteiger partial charge in [0.2, 0.25) is 5.66 Å². The topological polar surface area (TPSA) is 127 Å². The van der Waals surface area contributed by atoms with Crippen LogP contribution in [0.5, 0.6) is 28.7 Å². The van der Waals surface area contributed by atoms with E-state index in [9.17, 15) is 20.4 Å². The third kappa shape index (κ3) is 3.24. The SMILES string of the molecule is COc1ccc(C2(c3ccc(O)cc3O)N=CNC(c3ccc(O)cc3O)=N2)cc1. The van der Waals surface area contributed by atoms with Gasteiger partial charge in [-0.3, -0.25) is 0 Å². The summed E-state index contributed by atoms with van der Waals surface area (Å²) in [6, 6.07) is 15.4. The highest BCUT2D eigenvalue weighted by Gasteiger charge is 2.38. The van der Waals surface area contributed by atoms with E-state index in [1.54, 1.807) is 31.4 Å². The van der Waals surface area contributed by atoms with E-state index in [-0.39, 0.29) is 28.8 Å². The Labute approximate surface area is 172 Å². The van der Waals surface area contributed by atoms with Crippen molar-refractivity contribution in [2.24, 2.45) is 9.98 Å². The van der Waals surface area contributed by atoms with Crippen LogP contribution >= 0.6 is 0 Å². The van der Waals surface area contributed by atoms with Gasteiger partial charge in [0.05, 0.1) is 19.0 Å². The minimum Gasteiger partial charge on any atom is -0.508 e. The summed E-state index contributed by atoms with van der Waals surface area (Å²) in [5.74, 6) is 0.379. The maximum atomic E-state index is 10.6. The molecule has 1 heterocycles. The number of aromatic hydroxyl groups is 4. The van der Waals surface area contributed by atoms with Crippen LogP contribution in [0.25, 0.3) is 0 Å². The van der Waals surface area contributed by atoms with Crippen LogP contribution in [0.2, 0.25) is 0 Å². The summed E-state index contributed by atoms with van der Waals surface area (Å²) in [4.78, 5) is 9.28. The first-order valence-electron chi connectivity index (χ1n) is 9.02. The minimum absolute atomic E-state index is 0.0843. The standard InChI is InChI=1S/C22H19N3O5/c1-30-16-6-2-13(3-7-16)22(18-9-5-15(27)11-20(18)29)24-12-23-21(25-22)17-8-4-14(26)10-19(17)28/h2-12,26-29H,1H3,(H,23,24,25). The Kier molecular flexibility index (Phi) is 4.67. The Morgan fingerprint density at radius 2 is 1.50 bits per heavy atom. The van der Waals surface area contributed by atoms with Crippen molar-refractivity contribution in [3.05, 3.63) is 77.4 Å². The highest BCUT2D eigenvalue weighted by atomic mass is 16.5. The number of aliphatic imine (C=N–C) groups is 2. The van der Waals surface area contributed by atoms with Crippen molar-refractivity contribution in [2.45, 2.75) is 5.66 Å². The van der Waals surface area contributed by atoms with Gasteiger partial charge in [-0.2, -0.15) is 0 Å². The van der Waals surface area contributed by atoms with Crippen LogP contribution in [0.1, 0.15) is 16.7 Å². The molecule has 152 valence electrons. The first-order valence-corrected chi connectivity index (χ1v) is 9.02. The van der Waals surface area contributed by atoms with Crippen molar-refractivity contribution in [3.63, 3.8) is 0 Å². The number of phenols is 4. The fraction of sp³-hybridized carbons (Fsp3) is 0.0909. The maximum absolute atomic E-state index is 10.6. The van der Waals surface area contributed by atoms with Crippen LogP contribution in [0, 0.1) is 0 Å². The number of phenolic OH excluding ortho intramolecular Hbond substituents is 4. The van der Waals surface area contributed by atoms with Gasteiger partial charge in [-0.25, -0.2) is 9.98 Å². The Hall–Kier alpha value is -4.20. The fourth-order valence-corrected chi connectivity index (χ4v) is 3.33. The molecule has 0 bridgehead atoms. The number of hydrogen-bond acceptors (Lipinski definition) is 8. The third-order valence-corrected chi connectivity index (χ3v) is 4.81. The van der Waals surface area contributed by atoms with E-state index in [0.717, 1.165) is 0 Å². The Balaban J connectivity index is 1.95. The average Bonchev–Trinajstić information content (AvgIpc) is 2.74. The molecule has 4 rings (SSSR count). The number of benzene rings is 3. The molecule has 0 amide bonds. The summed E-state index contributed by atoms with van der Waals surface area (Å²) < 4.78 is 5.23. The predicted octanol–water partition coefficient (Wildman–Crippen LogP) is 2.80. The van der Waals surface area contributed by atoms with Crippen molar-refractivity contribution in [3.8, 4) is 28.7 Å². The number of methoxy groups -OCH3 is 1. The second kappa shape index (κ2) is 7.32. The van der Waals surface area contributed by atoms with E-state index in [1.165, 1.54) is 42.7 Å². The van der Waals surface area contributed by atoms with Crippen molar-refractivity contribution in [2.75, 3.05) is 7.11 Å². The molecule has 0 spiro atoms. The lowest BCUT2D eigenvalue weighted by atomic mass is 9.90. The van der Waals surface area contributed by atoms with Gasteiger partial charge in [-0.15, -0.1) is 0 Å². The van der Waals surface area contributed by atoms with Crippen LogP contribution < -0.4 is 10.1 Å². The predicted molar refractivity (Wildman–Crippen MR) is 111 cm³/mol. The number of amidine groups is 1. The lowest BCUT2D eigenvalue weighted by Crippen LogP contribution is -2.36. The first kappa shape index (κ1) is 19.1. The molecule has 0 saturated carbocycles. The molecule has 5 N–H and O–H groups in total. The molecule has 0 fully saturated rings. The van der Waals surface area contributed by atoms with Crippen LogP contribution in [0.15, 0.2) is 70.6 Å². The van der Waals surface area contributed by atoms with Gasteiger partial charge in [0, 0.05) is 23.3 Å². The summed E-state index contributed by atoms with van der Waals surface area (Å²) >= 11 is 0. The monoisotopic (exact) mass is 405 g/mol. The Morgan fingerprint density at radius 1 is 0.833 bits per heavy atom. The highest BCUT2D eigenvalue weighted by molar-refractivity contribution is 6.07. The highest BCUT2D eigenvalue weighted by Crippen LogP contribution is 2.43. The second-order valence-electron chi connectivity index (χ2n) is 6.67. The summed E-state index contributed by atoms with van der Waals surface area (Å²) in [7, 11) is 1.56. The number of nitrogens with one attached hydrogen (secondary N) is 1. The molecule has 0 saturated heterocycles. The first-order chi connectivity index (χ1) is 14.4. The molecular formula is C22H19N3O5. The summed E-state index contributed by atoms with van der Waals surface area (Å²) in [5, 5.41) is 43.1. The van der Waals surface area contributed by atoms with E-state index < -0.39 is 5.66 Å². The summed E-state index contributed by atoms with van der Waals surface area (Å²) in [6.07, 6.45) is 1.42. The zero-order valence-electron chi connectivity index (χ0n) is 15.9. The van der Waals surface area contributed by atoms with Crippen LogP contribution in [-0.2, 0) is 5.66 Å². The van der Waals surface area contributed by atoms with Crippen molar-refractivity contribution < 1.29 is 25.2 Å². The maximum Gasteiger partial charge on any atom is 0.208 e. The molecule has 1 atom stereocenters. The zero-order chi connectivity index (χ0) is 21.3. The Morgan fingerprint density at radius 3 is 2.13 bits per heavy atom. The van der Waals surface area contributed by atoms with E-state index in [0.29, 0.717) is 22.4 Å². The van der Waals surface area contributed by atoms with Gasteiger partial charge in [0.15, 0.2) is 0 Å². The van der Waals surface area contributed by atoms with Crippen molar-refractivity contribution in [1.82, 2.24) is 5.32 Å². The average molecular weight is 405 g/mol. The second-order valence-corrected chi connectivity index (χ2v) is 6.67. The molecule has 0 radical (unpaired) electrons. The molecular weight excluding hydrogens is 386 g/mol. The van der Waals surface area contributed by atoms with E-state index in [4.69, 9.17) is 9.73 Å². The van der Waals surface area contributed by atoms with Gasteiger partial charge in [-0.05, 0) is 36.4 Å². The molecule has 0 aliphatic carbocycles. The zero-order valence-corrected chi connectivity index (χ0v) is 15.9. The number of nitrogens with zero attached hydrogens (tertiary/aromatic N) is 2. The van der Waals surface area contributed by atoms with Gasteiger partial charge in [0.25, 0.3) is 0 Å². The quantitative estimate of drug-likeness (QED) is 0.454. The van der Waals surface area contributed by atoms with Crippen molar-refractivity contribution >= 4 is 12.2 Å². The molecule has 0 aromatic heterocycles. The fourth-order valence-electron chi connectivity index (χ4n) is 3.33. The lowest BCUT2D eigenvalue weighted by molar-refractivity contribution is 0.413. The number of rotatable bonds is 4. The van der Waals surface area contributed by atoms with Crippen LogP contribution in [-0.4, -0.2) is 39.7 Å². The molecule has 30 heavy (non-hydrogen) atoms. The van der Waals surface area contributed by atoms with Crippen LogP contribution in [0.3, 0.4) is 0 Å². The lowest BCUT2D eigenvalue weighted by Gasteiger charge is -2.31. The van der Waals surface area contributed by atoms with E-state index in [2.05, 4.69) is 10.3 Å². The molecule has 3 aromatic carbocycles.